The van der Waals surface area contributed by atoms with Crippen LogP contribution in [0.5, 0.6) is 0 Å². The third-order valence-electron chi connectivity index (χ3n) is 3.91. The quantitative estimate of drug-likeness (QED) is 0.173. The molecular weight excluding hydrogens is 479 g/mol. The fourth-order valence-electron chi connectivity index (χ4n) is 2.32. The van der Waals surface area contributed by atoms with E-state index in [1.165, 1.54) is 70.6 Å². The van der Waals surface area contributed by atoms with E-state index in [0.717, 1.165) is 12.8 Å². The first kappa shape index (κ1) is 25.6. The van der Waals surface area contributed by atoms with Gasteiger partial charge in [-0.15, -0.1) is 0 Å². The Bertz CT molecular complexity index is 214. The Morgan fingerprint density at radius 2 is 1.04 bits per heavy atom. The van der Waals surface area contributed by atoms with Gasteiger partial charge in [0, 0.05) is 6.42 Å². The summed E-state index contributed by atoms with van der Waals surface area (Å²) in [6.45, 7) is 6.82. The van der Waals surface area contributed by atoms with E-state index < -0.39 is 5.97 Å². The molecule has 0 aromatic heterocycles. The van der Waals surface area contributed by atoms with Gasteiger partial charge in [0.1, 0.15) is 0 Å². The normalized spacial score (nSPS) is 10.2. The molecule has 0 atom stereocenters. The van der Waals surface area contributed by atoms with Gasteiger partial charge in [-0.1, -0.05) is 58.3 Å². The van der Waals surface area contributed by atoms with Crippen molar-refractivity contribution in [3.63, 3.8) is 0 Å². The van der Waals surface area contributed by atoms with Gasteiger partial charge in [-0.3, -0.25) is 4.79 Å². The molecule has 0 aromatic carbocycles. The first-order valence-corrected chi connectivity index (χ1v) is 15.6. The van der Waals surface area contributed by atoms with Crippen molar-refractivity contribution in [2.75, 3.05) is 0 Å². The average Bonchev–Trinajstić information content (AvgIpc) is 2.54. The molecule has 0 fully saturated rings. The molecule has 23 heavy (non-hydrogen) atoms. The van der Waals surface area contributed by atoms with Crippen LogP contribution in [0.1, 0.15) is 111 Å². The van der Waals surface area contributed by atoms with E-state index in [-0.39, 0.29) is 24.2 Å². The molecular formula is C20H42O2Pb. The number of hydrogen-bond acceptors (Lipinski definition) is 1. The van der Waals surface area contributed by atoms with Crippen LogP contribution < -0.4 is 0 Å². The van der Waals surface area contributed by atoms with Gasteiger partial charge in [0.25, 0.3) is 0 Å². The number of unbranched alkanes of at least 4 members (excludes halogenated alkanes) is 10. The van der Waals surface area contributed by atoms with E-state index >= 15 is 0 Å². The number of hydrogen-bond donors (Lipinski definition) is 1. The van der Waals surface area contributed by atoms with E-state index in [2.05, 4.69) is 20.8 Å². The van der Waals surface area contributed by atoms with Crippen LogP contribution in [0.4, 0.5) is 0 Å². The molecule has 0 aromatic rings. The maximum atomic E-state index is 10.2. The molecule has 0 bridgehead atoms. The summed E-state index contributed by atoms with van der Waals surface area (Å²) in [6, 6.07) is 0. The van der Waals surface area contributed by atoms with Crippen molar-refractivity contribution in [3.8, 4) is 0 Å². The van der Waals surface area contributed by atoms with Crippen LogP contribution in [0, 0.1) is 0 Å². The van der Waals surface area contributed by atoms with Gasteiger partial charge in [-0.25, -0.2) is 0 Å². The molecule has 2 nitrogen and oxygen atoms in total. The molecule has 0 heterocycles. The summed E-state index contributed by atoms with van der Waals surface area (Å²) < 4.78 is 3.30. The maximum absolute atomic E-state index is 10.2. The van der Waals surface area contributed by atoms with Crippen molar-refractivity contribution in [2.24, 2.45) is 0 Å². The first-order valence-electron chi connectivity index (χ1n) is 10.1. The summed E-state index contributed by atoms with van der Waals surface area (Å²) in [6.07, 6.45) is 17.4. The fraction of sp³-hybridized carbons (Fsp3) is 0.950. The van der Waals surface area contributed by atoms with E-state index in [0.29, 0.717) is 6.42 Å². The van der Waals surface area contributed by atoms with Gasteiger partial charge in [0.2, 0.25) is 0 Å². The second-order valence-corrected chi connectivity index (χ2v) is 12.3. The molecule has 0 saturated heterocycles. The van der Waals surface area contributed by atoms with Crippen molar-refractivity contribution in [2.45, 2.75) is 119 Å². The molecule has 0 amide bonds. The summed E-state index contributed by atoms with van der Waals surface area (Å²) >= 11 is -0.0390. The van der Waals surface area contributed by atoms with Gasteiger partial charge in [0.05, 0.1) is 0 Å². The van der Waals surface area contributed by atoms with Crippen molar-refractivity contribution in [3.05, 3.63) is 0 Å². The summed E-state index contributed by atoms with van der Waals surface area (Å²) in [4.78, 5) is 10.2. The predicted molar refractivity (Wildman–Crippen MR) is 105 cm³/mol. The summed E-state index contributed by atoms with van der Waals surface area (Å²) in [5, 5.41) is 8.41. The minimum atomic E-state index is -0.659. The van der Waals surface area contributed by atoms with Crippen LogP contribution >= 0.6 is 0 Å². The zero-order valence-electron chi connectivity index (χ0n) is 16.2. The van der Waals surface area contributed by atoms with E-state index in [1.54, 1.807) is 7.96 Å². The van der Waals surface area contributed by atoms with Gasteiger partial charge < -0.3 is 5.11 Å². The van der Waals surface area contributed by atoms with E-state index in [1.807, 2.05) is 0 Å². The molecule has 2 radical (unpaired) electrons. The molecule has 138 valence electrons. The van der Waals surface area contributed by atoms with Crippen molar-refractivity contribution >= 4 is 30.2 Å². The topological polar surface area (TPSA) is 37.3 Å². The molecule has 0 saturated carbocycles. The summed E-state index contributed by atoms with van der Waals surface area (Å²) in [5.74, 6) is -0.659. The van der Waals surface area contributed by atoms with Crippen LogP contribution in [0.25, 0.3) is 0 Å². The number of carboxylic acids is 1. The number of carboxylic acid groups (broad SMARTS) is 1. The molecule has 3 heteroatoms. The van der Waals surface area contributed by atoms with Crippen LogP contribution in [-0.4, -0.2) is 35.3 Å². The monoisotopic (exact) mass is 522 g/mol. The van der Waals surface area contributed by atoms with Gasteiger partial charge in [-0.05, 0) is 6.42 Å². The Hall–Kier alpha value is 0.392. The summed E-state index contributed by atoms with van der Waals surface area (Å²) in [7, 11) is 0. The van der Waals surface area contributed by atoms with Gasteiger partial charge in [-0.2, -0.15) is 0 Å². The standard InChI is InChI=1S/C12H24O2.2C4H9.Pb/c1-2-3-4-5-6-7-8-9-10-11-12(13)14;2*1-3-4-2;/h2-11H2,1H3,(H,13,14);2*1,3-4H2,2H3;. The molecule has 0 rings (SSSR count). The van der Waals surface area contributed by atoms with Crippen LogP contribution in [0.3, 0.4) is 0 Å². The number of aliphatic carboxylic acids is 1. The Morgan fingerprint density at radius 1 is 0.652 bits per heavy atom. The third kappa shape index (κ3) is 30.8. The average molecular weight is 522 g/mol. The molecule has 0 unspecified atom stereocenters. The molecule has 0 spiro atoms. The number of rotatable bonds is 16. The first-order chi connectivity index (χ1) is 11.2. The van der Waals surface area contributed by atoms with Crippen molar-refractivity contribution < 1.29 is 9.90 Å². The van der Waals surface area contributed by atoms with Crippen LogP contribution in [0.2, 0.25) is 7.96 Å². The Labute approximate surface area is 158 Å². The zero-order valence-corrected chi connectivity index (χ0v) is 20.1. The molecule has 0 aliphatic rings. The second kappa shape index (κ2) is 24.6. The summed E-state index contributed by atoms with van der Waals surface area (Å²) in [5.41, 5.74) is 0. The third-order valence-corrected chi connectivity index (χ3v) is 9.41. The Balaban J connectivity index is 0. The predicted octanol–water partition coefficient (Wildman–Crippen LogP) is 7.12. The SMILES string of the molecule is CCCCCCCCCCCC(=O)O.CCC[CH2][Pb][CH2]CCC. The number of carbonyl (C=O) groups is 1. The molecule has 1 N–H and O–H groups in total. The molecule has 0 aliphatic carbocycles. The zero-order chi connectivity index (χ0) is 17.6. The fourth-order valence-corrected chi connectivity index (χ4v) is 7.98. The minimum absolute atomic E-state index is 0.0390. The van der Waals surface area contributed by atoms with Gasteiger partial charge >= 0.3 is 77.7 Å². The van der Waals surface area contributed by atoms with E-state index in [4.69, 9.17) is 5.11 Å². The van der Waals surface area contributed by atoms with Gasteiger partial charge in [0.15, 0.2) is 0 Å². The van der Waals surface area contributed by atoms with Crippen LogP contribution in [0.15, 0.2) is 0 Å². The van der Waals surface area contributed by atoms with E-state index in [9.17, 15) is 4.79 Å². The Kier molecular flexibility index (Phi) is 27.5. The van der Waals surface area contributed by atoms with Crippen LogP contribution in [-0.2, 0) is 4.79 Å². The molecule has 0 aliphatic heterocycles. The van der Waals surface area contributed by atoms with Crippen molar-refractivity contribution in [1.82, 2.24) is 0 Å². The van der Waals surface area contributed by atoms with Crippen molar-refractivity contribution in [1.29, 1.82) is 0 Å². The Morgan fingerprint density at radius 3 is 1.43 bits per heavy atom. The second-order valence-electron chi connectivity index (χ2n) is 6.43.